The van der Waals surface area contributed by atoms with Crippen LogP contribution in [0.25, 0.3) is 0 Å². The first-order valence-electron chi connectivity index (χ1n) is 4.64. The monoisotopic (exact) mass is 189 g/mol. The molecule has 14 heavy (non-hydrogen) atoms. The fourth-order valence-corrected chi connectivity index (χ4v) is 0.997. The molecule has 0 saturated carbocycles. The summed E-state index contributed by atoms with van der Waals surface area (Å²) in [5, 5.41) is 0. The van der Waals surface area contributed by atoms with Gasteiger partial charge in [0, 0.05) is 0 Å². The van der Waals surface area contributed by atoms with E-state index >= 15 is 0 Å². The van der Waals surface area contributed by atoms with Gasteiger partial charge in [-0.1, -0.05) is 42.2 Å². The minimum Gasteiger partial charge on any atom is -0.364 e. The van der Waals surface area contributed by atoms with Crippen molar-refractivity contribution < 1.29 is 4.74 Å². The van der Waals surface area contributed by atoms with Gasteiger partial charge in [-0.15, -0.1) is 0 Å². The van der Waals surface area contributed by atoms with Crippen LogP contribution in [0.15, 0.2) is 30.3 Å². The SMILES string of the molecule is C[C@@H](N)C#CCOCc1ccccc1. The zero-order chi connectivity index (χ0) is 10.2. The molecule has 2 heteroatoms. The lowest BCUT2D eigenvalue weighted by Crippen LogP contribution is -2.11. The molecule has 1 rings (SSSR count). The zero-order valence-corrected chi connectivity index (χ0v) is 8.36. The summed E-state index contributed by atoms with van der Waals surface area (Å²) < 4.78 is 5.34. The summed E-state index contributed by atoms with van der Waals surface area (Å²) >= 11 is 0. The van der Waals surface area contributed by atoms with Crippen LogP contribution in [-0.4, -0.2) is 12.6 Å². The maximum atomic E-state index is 5.46. The Morgan fingerprint density at radius 1 is 1.36 bits per heavy atom. The van der Waals surface area contributed by atoms with Crippen LogP contribution in [0.4, 0.5) is 0 Å². The molecule has 0 spiro atoms. The van der Waals surface area contributed by atoms with E-state index < -0.39 is 0 Å². The van der Waals surface area contributed by atoms with E-state index in [4.69, 9.17) is 10.5 Å². The van der Waals surface area contributed by atoms with Crippen molar-refractivity contribution in [1.82, 2.24) is 0 Å². The highest BCUT2D eigenvalue weighted by Crippen LogP contribution is 1.99. The van der Waals surface area contributed by atoms with E-state index in [-0.39, 0.29) is 6.04 Å². The van der Waals surface area contributed by atoms with Crippen molar-refractivity contribution in [3.8, 4) is 11.8 Å². The van der Waals surface area contributed by atoms with E-state index in [1.165, 1.54) is 0 Å². The van der Waals surface area contributed by atoms with Crippen molar-refractivity contribution in [1.29, 1.82) is 0 Å². The number of rotatable bonds is 3. The number of nitrogens with two attached hydrogens (primary N) is 1. The molecular formula is C12H15NO. The second-order valence-electron chi connectivity index (χ2n) is 3.09. The third-order valence-electron chi connectivity index (χ3n) is 1.62. The maximum absolute atomic E-state index is 5.46. The normalized spacial score (nSPS) is 11.6. The van der Waals surface area contributed by atoms with Crippen LogP contribution < -0.4 is 5.73 Å². The molecule has 0 saturated heterocycles. The summed E-state index contributed by atoms with van der Waals surface area (Å²) in [6.45, 7) is 2.90. The first-order chi connectivity index (χ1) is 6.79. The Bertz CT molecular complexity index is 308. The number of hydrogen-bond acceptors (Lipinski definition) is 2. The Morgan fingerprint density at radius 2 is 2.07 bits per heavy atom. The average Bonchev–Trinajstić information content (AvgIpc) is 2.18. The van der Waals surface area contributed by atoms with Crippen molar-refractivity contribution in [3.05, 3.63) is 35.9 Å². The van der Waals surface area contributed by atoms with Crippen LogP contribution in [0.2, 0.25) is 0 Å². The minimum absolute atomic E-state index is 0.0738. The molecule has 0 unspecified atom stereocenters. The highest BCUT2D eigenvalue weighted by molar-refractivity contribution is 5.13. The lowest BCUT2D eigenvalue weighted by molar-refractivity contribution is 0.153. The summed E-state index contributed by atoms with van der Waals surface area (Å²) in [4.78, 5) is 0. The second-order valence-corrected chi connectivity index (χ2v) is 3.09. The van der Waals surface area contributed by atoms with E-state index in [1.807, 2.05) is 37.3 Å². The summed E-state index contributed by atoms with van der Waals surface area (Å²) in [5.41, 5.74) is 6.62. The van der Waals surface area contributed by atoms with Crippen LogP contribution >= 0.6 is 0 Å². The molecule has 2 nitrogen and oxygen atoms in total. The topological polar surface area (TPSA) is 35.2 Å². The van der Waals surface area contributed by atoms with E-state index in [0.29, 0.717) is 13.2 Å². The molecule has 2 N–H and O–H groups in total. The smallest absolute Gasteiger partial charge is 0.108 e. The standard InChI is InChI=1S/C12H15NO/c1-11(13)6-5-9-14-10-12-7-3-2-4-8-12/h2-4,7-8,11H,9-10,13H2,1H3/t11-/m1/s1. The van der Waals surface area contributed by atoms with Gasteiger partial charge in [-0.3, -0.25) is 0 Å². The Morgan fingerprint density at radius 3 is 2.71 bits per heavy atom. The Kier molecular flexibility index (Phi) is 4.77. The van der Waals surface area contributed by atoms with E-state index in [2.05, 4.69) is 11.8 Å². The largest absolute Gasteiger partial charge is 0.364 e. The third-order valence-corrected chi connectivity index (χ3v) is 1.62. The van der Waals surface area contributed by atoms with Gasteiger partial charge in [-0.05, 0) is 12.5 Å². The molecule has 0 amide bonds. The Balaban J connectivity index is 2.21. The van der Waals surface area contributed by atoms with Gasteiger partial charge in [-0.2, -0.15) is 0 Å². The first-order valence-corrected chi connectivity index (χ1v) is 4.64. The van der Waals surface area contributed by atoms with Gasteiger partial charge in [-0.25, -0.2) is 0 Å². The summed E-state index contributed by atoms with van der Waals surface area (Å²) in [6.07, 6.45) is 0. The van der Waals surface area contributed by atoms with E-state index in [9.17, 15) is 0 Å². The lowest BCUT2D eigenvalue weighted by atomic mass is 10.2. The molecular weight excluding hydrogens is 174 g/mol. The minimum atomic E-state index is -0.0738. The predicted molar refractivity (Wildman–Crippen MR) is 57.5 cm³/mol. The quantitative estimate of drug-likeness (QED) is 0.578. The van der Waals surface area contributed by atoms with Crippen molar-refractivity contribution in [2.75, 3.05) is 6.61 Å². The third kappa shape index (κ3) is 4.66. The highest BCUT2D eigenvalue weighted by Gasteiger charge is 1.88. The highest BCUT2D eigenvalue weighted by atomic mass is 16.5. The fourth-order valence-electron chi connectivity index (χ4n) is 0.997. The number of benzene rings is 1. The molecule has 1 aromatic carbocycles. The van der Waals surface area contributed by atoms with E-state index in [0.717, 1.165) is 5.56 Å². The molecule has 0 heterocycles. The Labute approximate surface area is 85.1 Å². The van der Waals surface area contributed by atoms with Gasteiger partial charge < -0.3 is 10.5 Å². The molecule has 0 aliphatic heterocycles. The van der Waals surface area contributed by atoms with Gasteiger partial charge in [0.05, 0.1) is 12.6 Å². The number of hydrogen-bond donors (Lipinski definition) is 1. The van der Waals surface area contributed by atoms with Gasteiger partial charge in [0.25, 0.3) is 0 Å². The predicted octanol–water partition coefficient (Wildman–Crippen LogP) is 1.55. The van der Waals surface area contributed by atoms with Crippen molar-refractivity contribution >= 4 is 0 Å². The van der Waals surface area contributed by atoms with Gasteiger partial charge in [0.1, 0.15) is 6.61 Å². The van der Waals surface area contributed by atoms with Crippen molar-refractivity contribution in [3.63, 3.8) is 0 Å². The molecule has 0 radical (unpaired) electrons. The summed E-state index contributed by atoms with van der Waals surface area (Å²) in [7, 11) is 0. The number of ether oxygens (including phenoxy) is 1. The molecule has 0 fully saturated rings. The van der Waals surface area contributed by atoms with Crippen molar-refractivity contribution in [2.24, 2.45) is 5.73 Å². The average molecular weight is 189 g/mol. The van der Waals surface area contributed by atoms with Gasteiger partial charge >= 0.3 is 0 Å². The molecule has 74 valence electrons. The summed E-state index contributed by atoms with van der Waals surface area (Å²) in [6, 6.07) is 9.95. The lowest BCUT2D eigenvalue weighted by Gasteiger charge is -1.99. The molecule has 0 bridgehead atoms. The fraction of sp³-hybridized carbons (Fsp3) is 0.333. The molecule has 0 aromatic heterocycles. The van der Waals surface area contributed by atoms with Crippen LogP contribution in [0.1, 0.15) is 12.5 Å². The Hall–Kier alpha value is -1.30. The van der Waals surface area contributed by atoms with Crippen LogP contribution in [0.5, 0.6) is 0 Å². The van der Waals surface area contributed by atoms with E-state index in [1.54, 1.807) is 0 Å². The molecule has 0 aliphatic carbocycles. The zero-order valence-electron chi connectivity index (χ0n) is 8.36. The maximum Gasteiger partial charge on any atom is 0.108 e. The van der Waals surface area contributed by atoms with Crippen LogP contribution in [0, 0.1) is 11.8 Å². The molecule has 0 aliphatic rings. The van der Waals surface area contributed by atoms with Crippen LogP contribution in [0.3, 0.4) is 0 Å². The molecule has 1 atom stereocenters. The van der Waals surface area contributed by atoms with Gasteiger partial charge in [0.15, 0.2) is 0 Å². The van der Waals surface area contributed by atoms with Gasteiger partial charge in [0.2, 0.25) is 0 Å². The summed E-state index contributed by atoms with van der Waals surface area (Å²) in [5.74, 6) is 5.69. The van der Waals surface area contributed by atoms with Crippen LogP contribution in [-0.2, 0) is 11.3 Å². The van der Waals surface area contributed by atoms with Crippen molar-refractivity contribution in [2.45, 2.75) is 19.6 Å². The first kappa shape index (κ1) is 10.8. The molecule has 1 aromatic rings. The second kappa shape index (κ2) is 6.20.